The summed E-state index contributed by atoms with van der Waals surface area (Å²) in [6, 6.07) is 12.1. The summed E-state index contributed by atoms with van der Waals surface area (Å²) in [7, 11) is 0. The third kappa shape index (κ3) is 3.25. The van der Waals surface area contributed by atoms with Crippen LogP contribution in [0.25, 0.3) is 0 Å². The number of nitrogens with zero attached hydrogens (tertiary/aromatic N) is 1. The fourth-order valence-electron chi connectivity index (χ4n) is 4.33. The molecule has 0 bridgehead atoms. The van der Waals surface area contributed by atoms with E-state index in [4.69, 9.17) is 0 Å². The first-order chi connectivity index (χ1) is 13.6. The molecule has 0 spiro atoms. The van der Waals surface area contributed by atoms with Crippen molar-refractivity contribution in [1.82, 2.24) is 4.90 Å². The molecule has 2 aliphatic rings. The standard InChI is InChI=1S/C23H23FN2O2/c1-2-22(28)26-12-11-17-21(14-27)25-20-10-8-15(13-18(20)23(17)26)7-9-16-5-3-4-6-19(16)24/h3-6,8,10,13,17,21,23,25,27H,2,11-12,14H2,1H3/t17-,21-,23-/m0/s1. The second-order valence-corrected chi connectivity index (χ2v) is 7.30. The van der Waals surface area contributed by atoms with Crippen molar-refractivity contribution in [3.8, 4) is 11.8 Å². The van der Waals surface area contributed by atoms with Crippen molar-refractivity contribution in [2.75, 3.05) is 18.5 Å². The van der Waals surface area contributed by atoms with Gasteiger partial charge in [0, 0.05) is 30.1 Å². The van der Waals surface area contributed by atoms with E-state index in [0.29, 0.717) is 18.5 Å². The molecule has 0 aliphatic carbocycles. The maximum Gasteiger partial charge on any atom is 0.222 e. The van der Waals surface area contributed by atoms with Crippen LogP contribution >= 0.6 is 0 Å². The van der Waals surface area contributed by atoms with Crippen molar-refractivity contribution < 1.29 is 14.3 Å². The predicted octanol–water partition coefficient (Wildman–Crippen LogP) is 3.31. The van der Waals surface area contributed by atoms with E-state index in [-0.39, 0.29) is 36.3 Å². The van der Waals surface area contributed by atoms with Crippen LogP contribution in [-0.2, 0) is 4.79 Å². The van der Waals surface area contributed by atoms with Crippen LogP contribution in [0.4, 0.5) is 10.1 Å². The van der Waals surface area contributed by atoms with Gasteiger partial charge in [0.1, 0.15) is 5.82 Å². The normalized spacial score (nSPS) is 22.5. The zero-order valence-corrected chi connectivity index (χ0v) is 15.8. The number of fused-ring (bicyclic) bond motifs is 3. The van der Waals surface area contributed by atoms with Gasteiger partial charge in [0.05, 0.1) is 24.3 Å². The average Bonchev–Trinajstić information content (AvgIpc) is 3.17. The van der Waals surface area contributed by atoms with Gasteiger partial charge in [0.25, 0.3) is 0 Å². The van der Waals surface area contributed by atoms with Crippen LogP contribution in [0.2, 0.25) is 0 Å². The van der Waals surface area contributed by atoms with E-state index in [1.165, 1.54) is 6.07 Å². The van der Waals surface area contributed by atoms with Crippen LogP contribution < -0.4 is 5.32 Å². The third-order valence-electron chi connectivity index (χ3n) is 5.71. The molecule has 2 heterocycles. The number of rotatable bonds is 2. The predicted molar refractivity (Wildman–Crippen MR) is 106 cm³/mol. The number of hydrogen-bond acceptors (Lipinski definition) is 3. The van der Waals surface area contributed by atoms with E-state index in [9.17, 15) is 14.3 Å². The summed E-state index contributed by atoms with van der Waals surface area (Å²) in [5.41, 5.74) is 3.09. The molecule has 1 fully saturated rings. The number of amides is 1. The summed E-state index contributed by atoms with van der Waals surface area (Å²) >= 11 is 0. The lowest BCUT2D eigenvalue weighted by atomic mass is 9.82. The van der Waals surface area contributed by atoms with Crippen LogP contribution in [0.5, 0.6) is 0 Å². The van der Waals surface area contributed by atoms with Crippen LogP contribution in [0.15, 0.2) is 42.5 Å². The molecule has 4 nitrogen and oxygen atoms in total. The van der Waals surface area contributed by atoms with Crippen molar-refractivity contribution in [3.05, 3.63) is 65.0 Å². The Bertz CT molecular complexity index is 963. The second-order valence-electron chi connectivity index (χ2n) is 7.30. The first-order valence-corrected chi connectivity index (χ1v) is 9.69. The molecule has 1 amide bonds. The Labute approximate surface area is 164 Å². The molecule has 3 atom stereocenters. The number of carbonyl (C=O) groups is 1. The van der Waals surface area contributed by atoms with Gasteiger partial charge in [-0.3, -0.25) is 4.79 Å². The topological polar surface area (TPSA) is 52.6 Å². The summed E-state index contributed by atoms with van der Waals surface area (Å²) in [5, 5.41) is 13.2. The minimum absolute atomic E-state index is 0.0314. The average molecular weight is 378 g/mol. The number of carbonyl (C=O) groups excluding carboxylic acids is 1. The number of aliphatic hydroxyl groups excluding tert-OH is 1. The number of likely N-dealkylation sites (tertiary alicyclic amines) is 1. The van der Waals surface area contributed by atoms with Gasteiger partial charge in [-0.2, -0.15) is 0 Å². The number of halogens is 1. The van der Waals surface area contributed by atoms with Gasteiger partial charge in [-0.05, 0) is 42.3 Å². The van der Waals surface area contributed by atoms with E-state index >= 15 is 0 Å². The highest BCUT2D eigenvalue weighted by atomic mass is 19.1. The zero-order chi connectivity index (χ0) is 19.7. The lowest BCUT2D eigenvalue weighted by Crippen LogP contribution is -2.42. The Kier molecular flexibility index (Phi) is 5.06. The molecule has 0 radical (unpaired) electrons. The Morgan fingerprint density at radius 2 is 2.11 bits per heavy atom. The van der Waals surface area contributed by atoms with Gasteiger partial charge in [-0.25, -0.2) is 4.39 Å². The SMILES string of the molecule is CCC(=O)N1CC[C@H]2[C@H](CO)Nc3ccc(C#Cc4ccccc4F)cc3[C@H]21. The number of nitrogens with one attached hydrogen (secondary N) is 1. The van der Waals surface area contributed by atoms with Crippen LogP contribution in [0.1, 0.15) is 42.5 Å². The highest BCUT2D eigenvalue weighted by molar-refractivity contribution is 5.77. The number of anilines is 1. The number of aliphatic hydroxyl groups is 1. The highest BCUT2D eigenvalue weighted by Gasteiger charge is 2.45. The molecule has 0 aromatic heterocycles. The fraction of sp³-hybridized carbons (Fsp3) is 0.348. The quantitative estimate of drug-likeness (QED) is 0.789. The van der Waals surface area contributed by atoms with E-state index < -0.39 is 0 Å². The van der Waals surface area contributed by atoms with Gasteiger partial charge in [-0.1, -0.05) is 30.9 Å². The zero-order valence-electron chi connectivity index (χ0n) is 15.8. The van der Waals surface area contributed by atoms with E-state index in [2.05, 4.69) is 17.2 Å². The molecule has 2 aliphatic heterocycles. The van der Waals surface area contributed by atoms with Gasteiger partial charge in [0.15, 0.2) is 0 Å². The maximum atomic E-state index is 13.8. The summed E-state index contributed by atoms with van der Waals surface area (Å²) in [4.78, 5) is 14.4. The molecule has 28 heavy (non-hydrogen) atoms. The van der Waals surface area contributed by atoms with Crippen LogP contribution in [-0.4, -0.2) is 35.1 Å². The van der Waals surface area contributed by atoms with E-state index in [1.54, 1.807) is 18.2 Å². The Hall–Kier alpha value is -2.84. The summed E-state index contributed by atoms with van der Waals surface area (Å²) in [5.74, 6) is 5.90. The van der Waals surface area contributed by atoms with Gasteiger partial charge in [0.2, 0.25) is 5.91 Å². The number of benzene rings is 2. The molecule has 5 heteroatoms. The highest BCUT2D eigenvalue weighted by Crippen LogP contribution is 2.46. The molecule has 4 rings (SSSR count). The summed E-state index contributed by atoms with van der Waals surface area (Å²) < 4.78 is 13.8. The first-order valence-electron chi connectivity index (χ1n) is 9.69. The molecular weight excluding hydrogens is 355 g/mol. The van der Waals surface area contributed by atoms with Gasteiger partial charge in [-0.15, -0.1) is 0 Å². The van der Waals surface area contributed by atoms with Crippen molar-refractivity contribution in [2.45, 2.75) is 31.8 Å². The monoisotopic (exact) mass is 378 g/mol. The molecule has 2 N–H and O–H groups in total. The Balaban J connectivity index is 1.72. The van der Waals surface area contributed by atoms with Gasteiger partial charge >= 0.3 is 0 Å². The van der Waals surface area contributed by atoms with Crippen molar-refractivity contribution >= 4 is 11.6 Å². The van der Waals surface area contributed by atoms with Crippen LogP contribution in [0, 0.1) is 23.6 Å². The lowest BCUT2D eigenvalue weighted by molar-refractivity contribution is -0.132. The first kappa shape index (κ1) is 18.5. The smallest absolute Gasteiger partial charge is 0.222 e. The van der Waals surface area contributed by atoms with Crippen molar-refractivity contribution in [2.24, 2.45) is 5.92 Å². The lowest BCUT2D eigenvalue weighted by Gasteiger charge is -2.39. The number of hydrogen-bond donors (Lipinski definition) is 2. The molecule has 0 saturated carbocycles. The summed E-state index contributed by atoms with van der Waals surface area (Å²) in [6.07, 6.45) is 1.32. The van der Waals surface area contributed by atoms with Crippen LogP contribution in [0.3, 0.4) is 0 Å². The molecule has 0 unspecified atom stereocenters. The molecule has 1 saturated heterocycles. The minimum Gasteiger partial charge on any atom is -0.394 e. The second kappa shape index (κ2) is 7.65. The largest absolute Gasteiger partial charge is 0.394 e. The van der Waals surface area contributed by atoms with E-state index in [0.717, 1.165) is 23.2 Å². The van der Waals surface area contributed by atoms with Gasteiger partial charge < -0.3 is 15.3 Å². The van der Waals surface area contributed by atoms with Crippen molar-refractivity contribution in [1.29, 1.82) is 0 Å². The maximum absolute atomic E-state index is 13.8. The molecule has 2 aromatic rings. The Morgan fingerprint density at radius 3 is 2.86 bits per heavy atom. The minimum atomic E-state index is -0.337. The fourth-order valence-corrected chi connectivity index (χ4v) is 4.33. The Morgan fingerprint density at radius 1 is 1.29 bits per heavy atom. The molecule has 144 valence electrons. The van der Waals surface area contributed by atoms with Crippen molar-refractivity contribution in [3.63, 3.8) is 0 Å². The third-order valence-corrected chi connectivity index (χ3v) is 5.71. The summed E-state index contributed by atoms with van der Waals surface area (Å²) in [6.45, 7) is 2.60. The molecule has 2 aromatic carbocycles. The molecular formula is C23H23FN2O2. The van der Waals surface area contributed by atoms with E-state index in [1.807, 2.05) is 30.0 Å².